The number of furan rings is 2. The van der Waals surface area contributed by atoms with Crippen molar-refractivity contribution in [3.8, 4) is 62.1 Å². The summed E-state index contributed by atoms with van der Waals surface area (Å²) in [5.74, 6) is 1.73. The third-order valence-electron chi connectivity index (χ3n) is 12.3. The van der Waals surface area contributed by atoms with Gasteiger partial charge in [-0.05, 0) is 59.2 Å². The fourth-order valence-electron chi connectivity index (χ4n) is 9.45. The Morgan fingerprint density at radius 2 is 0.794 bits per heavy atom. The molecule has 13 rings (SSSR count). The molecule has 0 saturated carbocycles. The first-order chi connectivity index (χ1) is 31.2. The standard InChI is InChI=1S/C57H34N4O2/c1-3-15-35(16-4-1)36-27-29-38(30-28-36)56-58-55(37-17-5-2-6-18-37)59-57(60-56)44-32-34-50-53(42-22-10-13-25-48(42)62-50)51(44)43-31-33-47(54-52(43)41-21-9-14-26-49(41)63-54)61-45-23-11-7-19-39(45)40-20-8-12-24-46(40)61/h1-34H. The summed E-state index contributed by atoms with van der Waals surface area (Å²) in [7, 11) is 0. The monoisotopic (exact) mass is 806 g/mol. The highest BCUT2D eigenvalue weighted by molar-refractivity contribution is 6.23. The van der Waals surface area contributed by atoms with Gasteiger partial charge >= 0.3 is 0 Å². The minimum atomic E-state index is 0.556. The van der Waals surface area contributed by atoms with Crippen LogP contribution in [0.1, 0.15) is 0 Å². The molecule has 0 atom stereocenters. The largest absolute Gasteiger partial charge is 0.456 e. The number of hydrogen-bond donors (Lipinski definition) is 0. The predicted octanol–water partition coefficient (Wildman–Crippen LogP) is 15.1. The molecule has 0 radical (unpaired) electrons. The van der Waals surface area contributed by atoms with Crippen molar-refractivity contribution in [2.24, 2.45) is 0 Å². The minimum Gasteiger partial charge on any atom is -0.456 e. The van der Waals surface area contributed by atoms with E-state index in [0.717, 1.165) is 99.5 Å². The van der Waals surface area contributed by atoms with Crippen molar-refractivity contribution < 1.29 is 8.83 Å². The van der Waals surface area contributed by atoms with Crippen molar-refractivity contribution in [1.29, 1.82) is 0 Å². The summed E-state index contributed by atoms with van der Waals surface area (Å²) in [6.45, 7) is 0. The highest BCUT2D eigenvalue weighted by atomic mass is 16.3. The molecule has 63 heavy (non-hydrogen) atoms. The Balaban J connectivity index is 1.12. The second-order valence-electron chi connectivity index (χ2n) is 15.9. The number of para-hydroxylation sites is 4. The number of benzene rings is 9. The molecule has 13 aromatic rings. The van der Waals surface area contributed by atoms with Crippen LogP contribution >= 0.6 is 0 Å². The van der Waals surface area contributed by atoms with Crippen LogP contribution in [-0.2, 0) is 0 Å². The van der Waals surface area contributed by atoms with E-state index in [2.05, 4.69) is 150 Å². The lowest BCUT2D eigenvalue weighted by atomic mass is 9.90. The van der Waals surface area contributed by atoms with Gasteiger partial charge in [0, 0.05) is 54.6 Å². The van der Waals surface area contributed by atoms with E-state index < -0.39 is 0 Å². The zero-order valence-electron chi connectivity index (χ0n) is 33.7. The molecule has 0 aliphatic heterocycles. The number of hydrogen-bond acceptors (Lipinski definition) is 5. The van der Waals surface area contributed by atoms with E-state index in [4.69, 9.17) is 23.8 Å². The van der Waals surface area contributed by atoms with Crippen molar-refractivity contribution in [2.45, 2.75) is 0 Å². The van der Waals surface area contributed by atoms with E-state index in [1.807, 2.05) is 60.7 Å². The molecular formula is C57H34N4O2. The van der Waals surface area contributed by atoms with Crippen molar-refractivity contribution in [3.63, 3.8) is 0 Å². The van der Waals surface area contributed by atoms with Crippen LogP contribution in [0.25, 0.3) is 128 Å². The van der Waals surface area contributed by atoms with E-state index >= 15 is 0 Å². The molecule has 9 aromatic carbocycles. The molecule has 0 fully saturated rings. The summed E-state index contributed by atoms with van der Waals surface area (Å²) >= 11 is 0. The summed E-state index contributed by atoms with van der Waals surface area (Å²) in [5.41, 5.74) is 13.2. The summed E-state index contributed by atoms with van der Waals surface area (Å²) in [6.07, 6.45) is 0. The van der Waals surface area contributed by atoms with Crippen molar-refractivity contribution in [1.82, 2.24) is 19.5 Å². The maximum absolute atomic E-state index is 7.00. The Labute approximate surface area is 361 Å². The zero-order chi connectivity index (χ0) is 41.4. The third-order valence-corrected chi connectivity index (χ3v) is 12.3. The first-order valence-electron chi connectivity index (χ1n) is 21.1. The van der Waals surface area contributed by atoms with Crippen LogP contribution in [0.15, 0.2) is 215 Å². The lowest BCUT2D eigenvalue weighted by Gasteiger charge is -2.16. The van der Waals surface area contributed by atoms with Gasteiger partial charge < -0.3 is 13.4 Å². The smallest absolute Gasteiger partial charge is 0.164 e. The van der Waals surface area contributed by atoms with Gasteiger partial charge in [0.2, 0.25) is 0 Å². The molecule has 0 aliphatic carbocycles. The summed E-state index contributed by atoms with van der Waals surface area (Å²) < 4.78 is 16.0. The molecule has 0 unspecified atom stereocenters. The lowest BCUT2D eigenvalue weighted by molar-refractivity contribution is 0.666. The molecule has 0 bridgehead atoms. The molecule has 0 aliphatic rings. The number of nitrogens with zero attached hydrogens (tertiary/aromatic N) is 4. The normalized spacial score (nSPS) is 11.8. The Hall–Kier alpha value is -8.61. The average Bonchev–Trinajstić information content (AvgIpc) is 4.04. The number of fused-ring (bicyclic) bond motifs is 9. The molecule has 0 N–H and O–H groups in total. The van der Waals surface area contributed by atoms with Gasteiger partial charge in [0.05, 0.1) is 16.7 Å². The molecule has 4 aromatic heterocycles. The van der Waals surface area contributed by atoms with Crippen LogP contribution in [0.4, 0.5) is 0 Å². The SMILES string of the molecule is c1ccc(-c2ccc(-c3nc(-c4ccccc4)nc(-c4ccc5oc6ccccc6c5c4-c4ccc(-n5c6ccccc6c6ccccc65)c5oc6ccccc6c45)n3)cc2)cc1. The van der Waals surface area contributed by atoms with Gasteiger partial charge in [0.15, 0.2) is 23.1 Å². The Bertz CT molecular complexity index is 3850. The quantitative estimate of drug-likeness (QED) is 0.167. The van der Waals surface area contributed by atoms with E-state index in [9.17, 15) is 0 Å². The summed E-state index contributed by atoms with van der Waals surface area (Å²) in [4.78, 5) is 15.8. The Morgan fingerprint density at radius 1 is 0.317 bits per heavy atom. The van der Waals surface area contributed by atoms with Gasteiger partial charge in [0.25, 0.3) is 0 Å². The van der Waals surface area contributed by atoms with Gasteiger partial charge in [-0.2, -0.15) is 0 Å². The molecule has 0 spiro atoms. The maximum Gasteiger partial charge on any atom is 0.164 e. The second-order valence-corrected chi connectivity index (χ2v) is 15.9. The van der Waals surface area contributed by atoms with Gasteiger partial charge in [0.1, 0.15) is 16.7 Å². The zero-order valence-corrected chi connectivity index (χ0v) is 33.7. The maximum atomic E-state index is 7.00. The van der Waals surface area contributed by atoms with Crippen LogP contribution in [0.3, 0.4) is 0 Å². The third kappa shape index (κ3) is 5.55. The van der Waals surface area contributed by atoms with Crippen molar-refractivity contribution in [3.05, 3.63) is 206 Å². The molecule has 6 heteroatoms. The average molecular weight is 807 g/mol. The first-order valence-corrected chi connectivity index (χ1v) is 21.1. The van der Waals surface area contributed by atoms with E-state index in [0.29, 0.717) is 17.5 Å². The highest BCUT2D eigenvalue weighted by Crippen LogP contribution is 2.48. The second kappa shape index (κ2) is 14.0. The first kappa shape index (κ1) is 35.2. The highest BCUT2D eigenvalue weighted by Gasteiger charge is 2.26. The fraction of sp³-hybridized carbons (Fsp3) is 0. The summed E-state index contributed by atoms with van der Waals surface area (Å²) in [5, 5.41) is 6.38. The number of aromatic nitrogens is 4. The molecule has 0 saturated heterocycles. The van der Waals surface area contributed by atoms with Gasteiger partial charge in [-0.1, -0.05) is 164 Å². The van der Waals surface area contributed by atoms with Crippen molar-refractivity contribution in [2.75, 3.05) is 0 Å². The van der Waals surface area contributed by atoms with Gasteiger partial charge in [-0.15, -0.1) is 0 Å². The molecule has 4 heterocycles. The summed E-state index contributed by atoms with van der Waals surface area (Å²) in [6, 6.07) is 71.3. The Kier molecular flexibility index (Phi) is 7.80. The van der Waals surface area contributed by atoms with Crippen LogP contribution in [0.5, 0.6) is 0 Å². The van der Waals surface area contributed by atoms with E-state index in [-0.39, 0.29) is 0 Å². The predicted molar refractivity (Wildman–Crippen MR) is 256 cm³/mol. The van der Waals surface area contributed by atoms with Crippen LogP contribution in [0.2, 0.25) is 0 Å². The topological polar surface area (TPSA) is 69.9 Å². The van der Waals surface area contributed by atoms with Gasteiger partial charge in [-0.25, -0.2) is 15.0 Å². The number of rotatable bonds is 6. The van der Waals surface area contributed by atoms with Gasteiger partial charge in [-0.3, -0.25) is 0 Å². The lowest BCUT2D eigenvalue weighted by Crippen LogP contribution is -2.01. The Morgan fingerprint density at radius 3 is 1.46 bits per heavy atom. The molecule has 0 amide bonds. The van der Waals surface area contributed by atoms with Crippen LogP contribution < -0.4 is 0 Å². The minimum absolute atomic E-state index is 0.556. The molecule has 294 valence electrons. The molecule has 6 nitrogen and oxygen atoms in total. The van der Waals surface area contributed by atoms with E-state index in [1.54, 1.807) is 0 Å². The van der Waals surface area contributed by atoms with Crippen LogP contribution in [-0.4, -0.2) is 19.5 Å². The molecular weight excluding hydrogens is 773 g/mol. The fourth-order valence-corrected chi connectivity index (χ4v) is 9.45. The van der Waals surface area contributed by atoms with Crippen molar-refractivity contribution >= 4 is 65.7 Å². The van der Waals surface area contributed by atoms with Crippen LogP contribution in [0, 0.1) is 0 Å². The van der Waals surface area contributed by atoms with E-state index in [1.165, 1.54) is 10.8 Å².